The van der Waals surface area contributed by atoms with Crippen molar-refractivity contribution >= 4 is 5.78 Å². The van der Waals surface area contributed by atoms with Gasteiger partial charge in [0, 0.05) is 12.8 Å². The highest BCUT2D eigenvalue weighted by Gasteiger charge is 2.10. The minimum atomic E-state index is 0.0966. The summed E-state index contributed by atoms with van der Waals surface area (Å²) in [6, 6.07) is 7.32. The first-order valence-electron chi connectivity index (χ1n) is 5.48. The van der Waals surface area contributed by atoms with E-state index in [9.17, 15) is 4.79 Å². The lowest BCUT2D eigenvalue weighted by atomic mass is 10.0. The van der Waals surface area contributed by atoms with Crippen LogP contribution in [0.2, 0.25) is 0 Å². The predicted molar refractivity (Wildman–Crippen MR) is 64.6 cm³/mol. The summed E-state index contributed by atoms with van der Waals surface area (Å²) in [6.45, 7) is 2.47. The van der Waals surface area contributed by atoms with Gasteiger partial charge in [-0.15, -0.1) is 12.3 Å². The van der Waals surface area contributed by atoms with Crippen LogP contribution in [0.25, 0.3) is 0 Å². The fraction of sp³-hybridized carbons (Fsp3) is 0.357. The molecule has 0 radical (unpaired) electrons. The molecule has 0 bridgehead atoms. The second-order valence-electron chi connectivity index (χ2n) is 3.41. The van der Waals surface area contributed by atoms with E-state index in [0.717, 1.165) is 6.42 Å². The van der Waals surface area contributed by atoms with E-state index >= 15 is 0 Å². The second kappa shape index (κ2) is 6.68. The molecule has 1 aromatic rings. The number of benzene rings is 1. The predicted octanol–water partition coefficient (Wildman–Crippen LogP) is 3.07. The molecular weight excluding hydrogens is 200 g/mol. The van der Waals surface area contributed by atoms with Crippen molar-refractivity contribution in [1.29, 1.82) is 0 Å². The Morgan fingerprint density at radius 2 is 2.19 bits per heavy atom. The van der Waals surface area contributed by atoms with Crippen LogP contribution in [0.5, 0.6) is 5.75 Å². The maximum absolute atomic E-state index is 11.9. The average Bonchev–Trinajstić information content (AvgIpc) is 2.30. The lowest BCUT2D eigenvalue weighted by Crippen LogP contribution is -2.03. The summed E-state index contributed by atoms with van der Waals surface area (Å²) in [4.78, 5) is 11.9. The van der Waals surface area contributed by atoms with Crippen molar-refractivity contribution in [1.82, 2.24) is 0 Å². The van der Waals surface area contributed by atoms with Crippen LogP contribution in [0.1, 0.15) is 36.5 Å². The third kappa shape index (κ3) is 3.43. The fourth-order valence-electron chi connectivity index (χ4n) is 1.46. The molecule has 1 aromatic carbocycles. The summed E-state index contributed by atoms with van der Waals surface area (Å²) in [5, 5.41) is 0. The number of ketones is 1. The van der Waals surface area contributed by atoms with Gasteiger partial charge in [0.1, 0.15) is 5.75 Å². The lowest BCUT2D eigenvalue weighted by Gasteiger charge is -2.08. The van der Waals surface area contributed by atoms with Crippen LogP contribution in [0.15, 0.2) is 24.3 Å². The maximum atomic E-state index is 11.9. The molecule has 16 heavy (non-hydrogen) atoms. The number of carbonyl (C=O) groups excluding carboxylic acids is 1. The monoisotopic (exact) mass is 216 g/mol. The maximum Gasteiger partial charge on any atom is 0.166 e. The van der Waals surface area contributed by atoms with Crippen molar-refractivity contribution in [3.05, 3.63) is 29.8 Å². The molecule has 0 aromatic heterocycles. The van der Waals surface area contributed by atoms with Crippen LogP contribution in [0.3, 0.4) is 0 Å². The van der Waals surface area contributed by atoms with Gasteiger partial charge in [-0.05, 0) is 25.5 Å². The number of hydrogen-bond acceptors (Lipinski definition) is 2. The Morgan fingerprint density at radius 1 is 1.44 bits per heavy atom. The van der Waals surface area contributed by atoms with E-state index in [0.29, 0.717) is 30.8 Å². The molecule has 0 unspecified atom stereocenters. The van der Waals surface area contributed by atoms with Gasteiger partial charge in [0.25, 0.3) is 0 Å². The molecule has 0 aliphatic carbocycles. The Kier molecular flexibility index (Phi) is 5.15. The molecule has 0 aliphatic heterocycles. The summed E-state index contributed by atoms with van der Waals surface area (Å²) in [7, 11) is 0. The fourth-order valence-corrected chi connectivity index (χ4v) is 1.46. The smallest absolute Gasteiger partial charge is 0.166 e. The third-order valence-corrected chi connectivity index (χ3v) is 2.21. The molecule has 0 fully saturated rings. The van der Waals surface area contributed by atoms with Crippen molar-refractivity contribution in [2.45, 2.75) is 26.2 Å². The number of para-hydroxylation sites is 1. The Labute approximate surface area is 96.6 Å². The van der Waals surface area contributed by atoms with E-state index in [1.54, 1.807) is 6.07 Å². The van der Waals surface area contributed by atoms with Crippen molar-refractivity contribution in [2.75, 3.05) is 6.61 Å². The Morgan fingerprint density at radius 3 is 2.88 bits per heavy atom. The highest BCUT2D eigenvalue weighted by atomic mass is 16.5. The Hall–Kier alpha value is -1.75. The normalized spacial score (nSPS) is 9.50. The minimum absolute atomic E-state index is 0.0966. The number of unbranched alkanes of at least 4 members (excludes halogenated alkanes) is 1. The van der Waals surface area contributed by atoms with Crippen LogP contribution in [0, 0.1) is 12.3 Å². The van der Waals surface area contributed by atoms with Gasteiger partial charge in [0.2, 0.25) is 0 Å². The molecule has 0 saturated carbocycles. The molecule has 0 heterocycles. The zero-order chi connectivity index (χ0) is 11.8. The van der Waals surface area contributed by atoms with Gasteiger partial charge in [0.15, 0.2) is 5.78 Å². The van der Waals surface area contributed by atoms with Crippen LogP contribution < -0.4 is 4.74 Å². The van der Waals surface area contributed by atoms with E-state index in [2.05, 4.69) is 5.92 Å². The molecule has 0 amide bonds. The van der Waals surface area contributed by atoms with Crippen molar-refractivity contribution in [2.24, 2.45) is 0 Å². The van der Waals surface area contributed by atoms with Crippen LogP contribution >= 0.6 is 0 Å². The van der Waals surface area contributed by atoms with Gasteiger partial charge < -0.3 is 4.74 Å². The minimum Gasteiger partial charge on any atom is -0.493 e. The molecule has 2 heteroatoms. The second-order valence-corrected chi connectivity index (χ2v) is 3.41. The van der Waals surface area contributed by atoms with Crippen LogP contribution in [0.4, 0.5) is 0 Å². The van der Waals surface area contributed by atoms with Crippen LogP contribution in [-0.2, 0) is 0 Å². The van der Waals surface area contributed by atoms with E-state index in [1.807, 2.05) is 25.1 Å². The van der Waals surface area contributed by atoms with Crippen molar-refractivity contribution in [3.8, 4) is 18.1 Å². The topological polar surface area (TPSA) is 26.3 Å². The van der Waals surface area contributed by atoms with Gasteiger partial charge >= 0.3 is 0 Å². The van der Waals surface area contributed by atoms with Crippen molar-refractivity contribution in [3.63, 3.8) is 0 Å². The SMILES string of the molecule is C#CCCCC(=O)c1ccccc1OCC. The summed E-state index contributed by atoms with van der Waals surface area (Å²) >= 11 is 0. The molecule has 0 spiro atoms. The summed E-state index contributed by atoms with van der Waals surface area (Å²) in [5.41, 5.74) is 0.654. The third-order valence-electron chi connectivity index (χ3n) is 2.21. The van der Waals surface area contributed by atoms with Crippen LogP contribution in [-0.4, -0.2) is 12.4 Å². The summed E-state index contributed by atoms with van der Waals surface area (Å²) in [6.07, 6.45) is 7.00. The number of hydrogen-bond donors (Lipinski definition) is 0. The molecule has 0 atom stereocenters. The van der Waals surface area contributed by atoms with Gasteiger partial charge in [-0.2, -0.15) is 0 Å². The summed E-state index contributed by atoms with van der Waals surface area (Å²) < 4.78 is 5.40. The molecular formula is C14H16O2. The highest BCUT2D eigenvalue weighted by molar-refractivity contribution is 5.98. The summed E-state index contributed by atoms with van der Waals surface area (Å²) in [5.74, 6) is 3.29. The lowest BCUT2D eigenvalue weighted by molar-refractivity contribution is 0.0977. The first kappa shape index (κ1) is 12.3. The van der Waals surface area contributed by atoms with Gasteiger partial charge in [0.05, 0.1) is 12.2 Å². The molecule has 84 valence electrons. The number of Topliss-reactive ketones (excluding diaryl/α,β-unsaturated/α-hetero) is 1. The Balaban J connectivity index is 2.70. The van der Waals surface area contributed by atoms with E-state index < -0.39 is 0 Å². The largest absolute Gasteiger partial charge is 0.493 e. The van der Waals surface area contributed by atoms with E-state index in [1.165, 1.54) is 0 Å². The van der Waals surface area contributed by atoms with Gasteiger partial charge in [-0.25, -0.2) is 0 Å². The number of carbonyl (C=O) groups is 1. The first-order chi connectivity index (χ1) is 7.79. The number of rotatable bonds is 6. The van der Waals surface area contributed by atoms with E-state index in [4.69, 9.17) is 11.2 Å². The molecule has 0 N–H and O–H groups in total. The van der Waals surface area contributed by atoms with Crippen molar-refractivity contribution < 1.29 is 9.53 Å². The van der Waals surface area contributed by atoms with Gasteiger partial charge in [-0.3, -0.25) is 4.79 Å². The van der Waals surface area contributed by atoms with E-state index in [-0.39, 0.29) is 5.78 Å². The zero-order valence-electron chi connectivity index (χ0n) is 9.53. The van der Waals surface area contributed by atoms with Gasteiger partial charge in [-0.1, -0.05) is 12.1 Å². The highest BCUT2D eigenvalue weighted by Crippen LogP contribution is 2.20. The molecule has 0 aliphatic rings. The number of terminal acetylenes is 1. The standard InChI is InChI=1S/C14H16O2/c1-3-5-6-10-13(15)12-9-7-8-11-14(12)16-4-2/h1,7-9,11H,4-6,10H2,2H3. The molecule has 2 nitrogen and oxygen atoms in total. The quantitative estimate of drug-likeness (QED) is 0.415. The Bertz CT molecular complexity index is 388. The molecule has 0 saturated heterocycles. The zero-order valence-corrected chi connectivity index (χ0v) is 9.53. The average molecular weight is 216 g/mol. The number of ether oxygens (including phenoxy) is 1. The first-order valence-corrected chi connectivity index (χ1v) is 5.48. The molecule has 1 rings (SSSR count).